The molecule has 1 aromatic rings. The zero-order chi connectivity index (χ0) is 56.3. The Hall–Kier alpha value is -3.40. The average Bonchev–Trinajstić information content (AvgIpc) is 3.53. The minimum absolute atomic E-state index is 0.0155. The maximum Gasteiger partial charge on any atom is 0.311 e. The first-order valence-electron chi connectivity index (χ1n) is 27.7. The summed E-state index contributed by atoms with van der Waals surface area (Å²) in [7, 11) is 2.93. The molecule has 0 radical (unpaired) electrons. The monoisotopic (exact) mass is 1080 g/mol. The zero-order valence-electron chi connectivity index (χ0n) is 48.0. The molecule has 5 rings (SSSR count). The number of aryl methyl sites for hydroxylation is 1. The third kappa shape index (κ3) is 16.6. The van der Waals surface area contributed by atoms with Gasteiger partial charge in [0.2, 0.25) is 0 Å². The molecule has 0 aliphatic carbocycles. The molecule has 18 heteroatoms. The SMILES string of the molecule is C=C1C[C@@H](C)O[C@@H](O[C@@H]2[C@@H](C)[C@H](O[C@H]3C[C@H](C)NC[C@H](C)O3)[C@@H](C)C(=O)O[C@H]([C@@H](C)CO[C@@H]3O[C@H](C)[C@@H](O)[C@@H](OC)[C@H]3OC)[C@H](C)[C@@H](OC(=O)CC(C)C)[C@@H](C)C(=O)[C@@](C)(OC(=O)CCc3ccccc3)C[C@@H]2C)[C@@H]1O. The molecule has 76 heavy (non-hydrogen) atoms. The van der Waals surface area contributed by atoms with Gasteiger partial charge in [0.25, 0.3) is 0 Å². The molecule has 4 aliphatic rings. The van der Waals surface area contributed by atoms with Crippen LogP contribution in [0.15, 0.2) is 42.5 Å². The number of carbonyl (C=O) groups excluding carboxylic acids is 4. The number of ether oxygens (including phenoxy) is 11. The standard InChI is InChI=1S/C58H93NO17/c1-30(2)24-44(61)72-50-38(10)49(33(5)29-68-57-53(67-16)52(66-15)47(63)41(13)71-57)74-55(65)40(12)51(73-45-26-34(6)59-28-36(8)69-45)37(9)48(75-56-46(62)31(3)25-35(7)70-56)32(4)27-58(14,54(64)39(50)11)76-43(60)23-22-42-20-18-17-19-21-42/h17-21,30,32-41,45-53,56-57,59,62-63H,3,22-29H2,1-2,4-16H3/t32-,33-,34-,35+,36-,37+,38-,39+,40+,41+,45-,46+,47+,48-,49+,50+,51-,52+,53+,56-,57+,58-/m0/s1. The fourth-order valence-electron chi connectivity index (χ4n) is 11.6. The van der Waals surface area contributed by atoms with Crippen molar-refractivity contribution in [3.05, 3.63) is 48.0 Å². The first-order valence-corrected chi connectivity index (χ1v) is 27.7. The molecular formula is C58H93NO17. The molecule has 0 bridgehead atoms. The van der Waals surface area contributed by atoms with Gasteiger partial charge in [-0.3, -0.25) is 19.2 Å². The van der Waals surface area contributed by atoms with E-state index in [1.54, 1.807) is 34.6 Å². The second kappa shape index (κ2) is 28.7. The van der Waals surface area contributed by atoms with E-state index < -0.39 is 139 Å². The minimum atomic E-state index is -1.86. The summed E-state index contributed by atoms with van der Waals surface area (Å²) in [5, 5.41) is 26.0. The second-order valence-electron chi connectivity index (χ2n) is 23.1. The van der Waals surface area contributed by atoms with Crippen LogP contribution in [0.1, 0.15) is 128 Å². The predicted octanol–water partition coefficient (Wildman–Crippen LogP) is 6.67. The van der Waals surface area contributed by atoms with Crippen LogP contribution in [0.5, 0.6) is 0 Å². The number of cyclic esters (lactones) is 1. The maximum absolute atomic E-state index is 15.8. The van der Waals surface area contributed by atoms with Gasteiger partial charge < -0.3 is 67.6 Å². The fraction of sp³-hybridized carbons (Fsp3) is 0.793. The lowest BCUT2D eigenvalue weighted by Gasteiger charge is -2.45. The normalized spacial score (nSPS) is 39.8. The van der Waals surface area contributed by atoms with Gasteiger partial charge >= 0.3 is 17.9 Å². The van der Waals surface area contributed by atoms with E-state index in [0.29, 0.717) is 31.4 Å². The second-order valence-corrected chi connectivity index (χ2v) is 23.1. The summed E-state index contributed by atoms with van der Waals surface area (Å²) < 4.78 is 70.2. The van der Waals surface area contributed by atoms with E-state index >= 15 is 9.59 Å². The highest BCUT2D eigenvalue weighted by Crippen LogP contribution is 2.41. The molecule has 4 saturated heterocycles. The van der Waals surface area contributed by atoms with Gasteiger partial charge in [0, 0.05) is 63.8 Å². The Bertz CT molecular complexity index is 2010. The molecular weight excluding hydrogens is 983 g/mol. The Labute approximate surface area is 452 Å². The number of hydrogen-bond donors (Lipinski definition) is 3. The molecule has 4 heterocycles. The molecule has 1 aromatic carbocycles. The molecule has 22 atom stereocenters. The van der Waals surface area contributed by atoms with Gasteiger partial charge in [-0.15, -0.1) is 0 Å². The van der Waals surface area contributed by atoms with Gasteiger partial charge in [0.05, 0.1) is 49.0 Å². The van der Waals surface area contributed by atoms with Crippen molar-refractivity contribution < 1.29 is 81.5 Å². The Morgan fingerprint density at radius 2 is 1.47 bits per heavy atom. The van der Waals surface area contributed by atoms with Crippen molar-refractivity contribution in [3.63, 3.8) is 0 Å². The quantitative estimate of drug-likeness (QED) is 0.0842. The van der Waals surface area contributed by atoms with Crippen molar-refractivity contribution in [2.24, 2.45) is 41.4 Å². The van der Waals surface area contributed by atoms with E-state index in [9.17, 15) is 19.8 Å². The lowest BCUT2D eigenvalue weighted by atomic mass is 9.74. The number of aliphatic hydroxyl groups excluding tert-OH is 2. The number of ketones is 1. The van der Waals surface area contributed by atoms with Crippen molar-refractivity contribution in [1.29, 1.82) is 0 Å². The Morgan fingerprint density at radius 1 is 0.803 bits per heavy atom. The van der Waals surface area contributed by atoms with Gasteiger partial charge in [-0.2, -0.15) is 0 Å². The summed E-state index contributed by atoms with van der Waals surface area (Å²) in [6, 6.07) is 9.47. The van der Waals surface area contributed by atoms with Crippen LogP contribution >= 0.6 is 0 Å². The molecule has 432 valence electrons. The van der Waals surface area contributed by atoms with E-state index in [1.807, 2.05) is 85.7 Å². The number of nitrogens with one attached hydrogen (secondary N) is 1. The first kappa shape index (κ1) is 63.4. The smallest absolute Gasteiger partial charge is 0.311 e. The van der Waals surface area contributed by atoms with Gasteiger partial charge in [-0.25, -0.2) is 0 Å². The Kier molecular flexibility index (Phi) is 23.9. The molecule has 4 aliphatic heterocycles. The topological polar surface area (TPSA) is 222 Å². The average molecular weight is 1080 g/mol. The van der Waals surface area contributed by atoms with Crippen LogP contribution in [0, 0.1) is 41.4 Å². The van der Waals surface area contributed by atoms with Gasteiger partial charge in [0.15, 0.2) is 30.3 Å². The van der Waals surface area contributed by atoms with E-state index in [-0.39, 0.29) is 50.0 Å². The van der Waals surface area contributed by atoms with E-state index in [0.717, 1.165) is 5.56 Å². The van der Waals surface area contributed by atoms with Crippen LogP contribution in [-0.2, 0) is 77.7 Å². The van der Waals surface area contributed by atoms with Crippen LogP contribution in [0.3, 0.4) is 0 Å². The summed E-state index contributed by atoms with van der Waals surface area (Å²) in [4.78, 5) is 59.3. The highest BCUT2D eigenvalue weighted by Gasteiger charge is 2.52. The third-order valence-electron chi connectivity index (χ3n) is 15.8. The molecule has 3 N–H and O–H groups in total. The number of esters is 3. The van der Waals surface area contributed by atoms with Crippen molar-refractivity contribution >= 4 is 23.7 Å². The molecule has 18 nitrogen and oxygen atoms in total. The molecule has 0 aromatic heterocycles. The fourth-order valence-corrected chi connectivity index (χ4v) is 11.6. The zero-order valence-corrected chi connectivity index (χ0v) is 48.0. The Morgan fingerprint density at radius 3 is 2.12 bits per heavy atom. The van der Waals surface area contributed by atoms with E-state index in [2.05, 4.69) is 11.9 Å². The van der Waals surface area contributed by atoms with Gasteiger partial charge in [0.1, 0.15) is 36.6 Å². The maximum atomic E-state index is 15.8. The summed E-state index contributed by atoms with van der Waals surface area (Å²) in [6.07, 6.45) is -11.4. The molecule has 0 spiro atoms. The number of Topliss-reactive ketones (excluding diaryl/α,β-unsaturated/α-hetero) is 1. The molecule has 0 unspecified atom stereocenters. The van der Waals surface area contributed by atoms with E-state index in [1.165, 1.54) is 14.2 Å². The number of hydrogen-bond acceptors (Lipinski definition) is 18. The summed E-state index contributed by atoms with van der Waals surface area (Å²) in [5.74, 6) is -7.60. The summed E-state index contributed by atoms with van der Waals surface area (Å²) in [6.45, 7) is 28.2. The van der Waals surface area contributed by atoms with E-state index in [4.69, 9.17) is 52.1 Å². The van der Waals surface area contributed by atoms with Crippen molar-refractivity contribution in [3.8, 4) is 0 Å². The number of methoxy groups -OCH3 is 2. The highest BCUT2D eigenvalue weighted by molar-refractivity contribution is 5.91. The summed E-state index contributed by atoms with van der Waals surface area (Å²) >= 11 is 0. The number of aliphatic hydroxyl groups is 2. The number of rotatable bonds is 17. The van der Waals surface area contributed by atoms with Crippen molar-refractivity contribution in [1.82, 2.24) is 5.32 Å². The highest BCUT2D eigenvalue weighted by atomic mass is 16.7. The predicted molar refractivity (Wildman–Crippen MR) is 281 cm³/mol. The Balaban J connectivity index is 1.68. The van der Waals surface area contributed by atoms with Crippen LogP contribution in [-0.4, -0.2) is 159 Å². The number of carbonyl (C=O) groups is 4. The summed E-state index contributed by atoms with van der Waals surface area (Å²) in [5.41, 5.74) is -0.430. The van der Waals surface area contributed by atoms with Crippen LogP contribution < -0.4 is 5.32 Å². The first-order chi connectivity index (χ1) is 35.8. The minimum Gasteiger partial charge on any atom is -0.461 e. The number of benzene rings is 1. The lowest BCUT2D eigenvalue weighted by molar-refractivity contribution is -0.305. The van der Waals surface area contributed by atoms with Crippen molar-refractivity contribution in [2.45, 2.75) is 226 Å². The molecule has 0 saturated carbocycles. The van der Waals surface area contributed by atoms with Crippen LogP contribution in [0.2, 0.25) is 0 Å². The van der Waals surface area contributed by atoms with Crippen LogP contribution in [0.25, 0.3) is 0 Å². The van der Waals surface area contributed by atoms with Gasteiger partial charge in [-0.1, -0.05) is 85.4 Å². The molecule has 0 amide bonds. The molecule has 4 fully saturated rings. The van der Waals surface area contributed by atoms with Crippen molar-refractivity contribution in [2.75, 3.05) is 27.4 Å². The van der Waals surface area contributed by atoms with Crippen LogP contribution in [0.4, 0.5) is 0 Å². The third-order valence-corrected chi connectivity index (χ3v) is 15.8. The van der Waals surface area contributed by atoms with Gasteiger partial charge in [-0.05, 0) is 83.8 Å². The lowest BCUT2D eigenvalue weighted by Crippen LogP contribution is -2.59. The largest absolute Gasteiger partial charge is 0.461 e.